The van der Waals surface area contributed by atoms with Crippen molar-refractivity contribution >= 4 is 11.6 Å². The first kappa shape index (κ1) is 19.5. The van der Waals surface area contributed by atoms with Crippen LogP contribution in [0, 0.1) is 0 Å². The maximum absolute atomic E-state index is 12.6. The van der Waals surface area contributed by atoms with Crippen molar-refractivity contribution in [2.45, 2.75) is 13.2 Å². The van der Waals surface area contributed by atoms with Crippen LogP contribution in [0.4, 0.5) is 14.5 Å². The molecule has 0 heterocycles. The van der Waals surface area contributed by atoms with Crippen LogP contribution in [-0.2, 0) is 6.54 Å². The van der Waals surface area contributed by atoms with Gasteiger partial charge in [0.2, 0.25) is 0 Å². The maximum Gasteiger partial charge on any atom is 0.387 e. The minimum absolute atomic E-state index is 0.0421. The van der Waals surface area contributed by atoms with Gasteiger partial charge in [0.15, 0.2) is 11.5 Å². The number of alkyl halides is 2. The lowest BCUT2D eigenvalue weighted by Gasteiger charge is -2.19. The van der Waals surface area contributed by atoms with E-state index in [0.29, 0.717) is 12.1 Å². The topological polar surface area (TPSA) is 42.0 Å². The Balaban J connectivity index is 2.10. The van der Waals surface area contributed by atoms with Gasteiger partial charge in [0, 0.05) is 38.9 Å². The molecule has 5 nitrogen and oxygen atoms in total. The number of anilines is 1. The lowest BCUT2D eigenvalue weighted by molar-refractivity contribution is -0.0512. The largest absolute Gasteiger partial charge is 0.493 e. The molecular weight excluding hydrogens is 342 g/mol. The Kier molecular flexibility index (Phi) is 6.38. The predicted molar refractivity (Wildman–Crippen MR) is 96.2 cm³/mol. The zero-order valence-corrected chi connectivity index (χ0v) is 15.2. The molecule has 1 amide bonds. The van der Waals surface area contributed by atoms with Gasteiger partial charge in [-0.1, -0.05) is 6.07 Å². The second-order valence-electron chi connectivity index (χ2n) is 5.97. The average molecular weight is 364 g/mol. The summed E-state index contributed by atoms with van der Waals surface area (Å²) in [5, 5.41) is 0. The van der Waals surface area contributed by atoms with Crippen LogP contribution in [0.25, 0.3) is 0 Å². The van der Waals surface area contributed by atoms with Crippen molar-refractivity contribution < 1.29 is 23.0 Å². The van der Waals surface area contributed by atoms with Crippen LogP contribution in [-0.4, -0.2) is 45.7 Å². The highest BCUT2D eigenvalue weighted by atomic mass is 19.3. The zero-order chi connectivity index (χ0) is 19.3. The minimum atomic E-state index is -2.93. The number of carbonyl (C=O) groups is 1. The fourth-order valence-electron chi connectivity index (χ4n) is 2.47. The number of nitrogens with zero attached hydrogens (tertiary/aromatic N) is 2. The van der Waals surface area contributed by atoms with E-state index in [1.165, 1.54) is 13.2 Å². The Morgan fingerprint density at radius 2 is 1.69 bits per heavy atom. The van der Waals surface area contributed by atoms with E-state index < -0.39 is 6.61 Å². The Morgan fingerprint density at radius 1 is 1.04 bits per heavy atom. The molecule has 0 spiro atoms. The molecule has 2 aromatic rings. The van der Waals surface area contributed by atoms with Crippen LogP contribution >= 0.6 is 0 Å². The van der Waals surface area contributed by atoms with Crippen LogP contribution in [0.5, 0.6) is 11.5 Å². The molecule has 0 radical (unpaired) electrons. The van der Waals surface area contributed by atoms with Crippen molar-refractivity contribution in [3.63, 3.8) is 0 Å². The van der Waals surface area contributed by atoms with Crippen LogP contribution < -0.4 is 14.4 Å². The number of methoxy groups -OCH3 is 1. The molecule has 0 N–H and O–H groups in total. The Bertz CT molecular complexity index is 749. The highest BCUT2D eigenvalue weighted by molar-refractivity contribution is 5.94. The van der Waals surface area contributed by atoms with Crippen molar-refractivity contribution in [3.05, 3.63) is 53.6 Å². The standard InChI is InChI=1S/C19H22F2N2O3/c1-22(2)15-8-6-14(7-9-15)18(24)23(3)12-13-5-10-16(26-19(20)21)17(11-13)25-4/h5-11,19H,12H2,1-4H3. The first-order valence-corrected chi connectivity index (χ1v) is 7.96. The van der Waals surface area contributed by atoms with Crippen molar-refractivity contribution in [2.75, 3.05) is 33.2 Å². The summed E-state index contributed by atoms with van der Waals surface area (Å²) in [6.07, 6.45) is 0. The molecule has 0 fully saturated rings. The predicted octanol–water partition coefficient (Wildman–Crippen LogP) is 3.63. The third-order valence-corrected chi connectivity index (χ3v) is 3.84. The summed E-state index contributed by atoms with van der Waals surface area (Å²) in [5.74, 6) is 0.0145. The quantitative estimate of drug-likeness (QED) is 0.752. The first-order chi connectivity index (χ1) is 12.3. The first-order valence-electron chi connectivity index (χ1n) is 7.96. The maximum atomic E-state index is 12.6. The molecule has 0 aromatic heterocycles. The summed E-state index contributed by atoms with van der Waals surface area (Å²) in [7, 11) is 6.91. The molecular formula is C19H22F2N2O3. The molecule has 2 rings (SSSR count). The molecule has 0 saturated heterocycles. The zero-order valence-electron chi connectivity index (χ0n) is 15.2. The Labute approximate surface area is 151 Å². The number of hydrogen-bond donors (Lipinski definition) is 0. The SMILES string of the molecule is COc1cc(CN(C)C(=O)c2ccc(N(C)C)cc2)ccc1OC(F)F. The summed E-state index contributed by atoms with van der Waals surface area (Å²) >= 11 is 0. The molecule has 0 bridgehead atoms. The molecule has 0 aliphatic carbocycles. The molecule has 26 heavy (non-hydrogen) atoms. The lowest BCUT2D eigenvalue weighted by atomic mass is 10.1. The van der Waals surface area contributed by atoms with Crippen LogP contribution in [0.2, 0.25) is 0 Å². The molecule has 2 aromatic carbocycles. The summed E-state index contributed by atoms with van der Waals surface area (Å²) < 4.78 is 34.3. The van der Waals surface area contributed by atoms with E-state index in [1.807, 2.05) is 31.1 Å². The molecule has 7 heteroatoms. The third-order valence-electron chi connectivity index (χ3n) is 3.84. The number of benzene rings is 2. The smallest absolute Gasteiger partial charge is 0.387 e. The van der Waals surface area contributed by atoms with Gasteiger partial charge in [-0.2, -0.15) is 8.78 Å². The van der Waals surface area contributed by atoms with Gasteiger partial charge in [-0.3, -0.25) is 4.79 Å². The van der Waals surface area contributed by atoms with Crippen LogP contribution in [0.1, 0.15) is 15.9 Å². The summed E-state index contributed by atoms with van der Waals surface area (Å²) in [4.78, 5) is 16.1. The monoisotopic (exact) mass is 364 g/mol. The number of halogens is 2. The van der Waals surface area contributed by atoms with Crippen molar-refractivity contribution in [2.24, 2.45) is 0 Å². The number of rotatable bonds is 7. The highest BCUT2D eigenvalue weighted by Gasteiger charge is 2.15. The Morgan fingerprint density at radius 3 is 2.23 bits per heavy atom. The summed E-state index contributed by atoms with van der Waals surface area (Å²) in [5.41, 5.74) is 2.32. The van der Waals surface area contributed by atoms with E-state index in [0.717, 1.165) is 11.3 Å². The molecule has 0 unspecified atom stereocenters. The summed E-state index contributed by atoms with van der Waals surface area (Å²) in [6, 6.07) is 11.9. The highest BCUT2D eigenvalue weighted by Crippen LogP contribution is 2.30. The third kappa shape index (κ3) is 4.84. The molecule has 0 atom stereocenters. The Hall–Kier alpha value is -2.83. The lowest BCUT2D eigenvalue weighted by Crippen LogP contribution is -2.26. The fourth-order valence-corrected chi connectivity index (χ4v) is 2.47. The molecule has 140 valence electrons. The molecule has 0 saturated carbocycles. The van der Waals surface area contributed by atoms with E-state index in [-0.39, 0.29) is 17.4 Å². The van der Waals surface area contributed by atoms with Crippen molar-refractivity contribution in [1.29, 1.82) is 0 Å². The van der Waals surface area contributed by atoms with Gasteiger partial charge in [-0.05, 0) is 42.0 Å². The average Bonchev–Trinajstić information content (AvgIpc) is 2.61. The van der Waals surface area contributed by atoms with E-state index >= 15 is 0 Å². The van der Waals surface area contributed by atoms with E-state index in [4.69, 9.17) is 4.74 Å². The van der Waals surface area contributed by atoms with E-state index in [2.05, 4.69) is 4.74 Å². The van der Waals surface area contributed by atoms with Crippen LogP contribution in [0.3, 0.4) is 0 Å². The van der Waals surface area contributed by atoms with Crippen molar-refractivity contribution in [3.8, 4) is 11.5 Å². The molecule has 0 aliphatic rings. The van der Waals surface area contributed by atoms with Gasteiger partial charge in [-0.15, -0.1) is 0 Å². The van der Waals surface area contributed by atoms with Gasteiger partial charge in [0.05, 0.1) is 7.11 Å². The summed E-state index contributed by atoms with van der Waals surface area (Å²) in [6.45, 7) is -2.62. The van der Waals surface area contributed by atoms with Gasteiger partial charge in [0.1, 0.15) is 0 Å². The number of ether oxygens (including phenoxy) is 2. The van der Waals surface area contributed by atoms with Crippen molar-refractivity contribution in [1.82, 2.24) is 4.90 Å². The number of carbonyl (C=O) groups excluding carboxylic acids is 1. The van der Waals surface area contributed by atoms with Crippen LogP contribution in [0.15, 0.2) is 42.5 Å². The minimum Gasteiger partial charge on any atom is -0.493 e. The van der Waals surface area contributed by atoms with Gasteiger partial charge in [0.25, 0.3) is 5.91 Å². The fraction of sp³-hybridized carbons (Fsp3) is 0.316. The van der Waals surface area contributed by atoms with Gasteiger partial charge in [-0.25, -0.2) is 0 Å². The second-order valence-corrected chi connectivity index (χ2v) is 5.97. The van der Waals surface area contributed by atoms with E-state index in [9.17, 15) is 13.6 Å². The number of amides is 1. The second kappa shape index (κ2) is 8.51. The van der Waals surface area contributed by atoms with Gasteiger partial charge < -0.3 is 19.3 Å². The van der Waals surface area contributed by atoms with E-state index in [1.54, 1.807) is 36.2 Å². The van der Waals surface area contributed by atoms with Gasteiger partial charge >= 0.3 is 6.61 Å². The molecule has 0 aliphatic heterocycles. The normalized spacial score (nSPS) is 10.6. The number of hydrogen-bond acceptors (Lipinski definition) is 4.